The SMILES string of the molecule is Cc1nc(Nc2ncc(C#N)s2)ccc1CC1COCCN(C2COC2)C1. The number of rotatable bonds is 5. The molecule has 142 valence electrons. The first-order valence-electron chi connectivity index (χ1n) is 9.20. The Balaban J connectivity index is 1.40. The van der Waals surface area contributed by atoms with Gasteiger partial charge in [-0.3, -0.25) is 4.90 Å². The second-order valence-electron chi connectivity index (χ2n) is 7.04. The lowest BCUT2D eigenvalue weighted by Gasteiger charge is -2.37. The van der Waals surface area contributed by atoms with Gasteiger partial charge in [0.1, 0.15) is 16.8 Å². The van der Waals surface area contributed by atoms with E-state index in [0.717, 1.165) is 57.4 Å². The maximum absolute atomic E-state index is 8.90. The fourth-order valence-corrected chi connectivity index (χ4v) is 4.10. The largest absolute Gasteiger partial charge is 0.380 e. The molecule has 2 aliphatic heterocycles. The minimum atomic E-state index is 0.463. The Labute approximate surface area is 163 Å². The van der Waals surface area contributed by atoms with E-state index >= 15 is 0 Å². The van der Waals surface area contributed by atoms with Crippen molar-refractivity contribution in [1.82, 2.24) is 14.9 Å². The van der Waals surface area contributed by atoms with Crippen LogP contribution in [0.15, 0.2) is 18.3 Å². The molecular formula is C19H23N5O2S. The predicted molar refractivity (Wildman–Crippen MR) is 103 cm³/mol. The minimum absolute atomic E-state index is 0.463. The van der Waals surface area contributed by atoms with Gasteiger partial charge in [0.2, 0.25) is 0 Å². The second kappa shape index (κ2) is 8.31. The third-order valence-electron chi connectivity index (χ3n) is 5.06. The molecule has 2 saturated heterocycles. The molecule has 4 rings (SSSR count). The third kappa shape index (κ3) is 4.45. The van der Waals surface area contributed by atoms with E-state index in [4.69, 9.17) is 14.7 Å². The maximum atomic E-state index is 8.90. The molecule has 2 aliphatic rings. The first kappa shape index (κ1) is 18.3. The van der Waals surface area contributed by atoms with Crippen molar-refractivity contribution in [3.63, 3.8) is 0 Å². The molecule has 0 amide bonds. The summed E-state index contributed by atoms with van der Waals surface area (Å²) in [5, 5.41) is 12.8. The van der Waals surface area contributed by atoms with E-state index in [1.165, 1.54) is 16.9 Å². The van der Waals surface area contributed by atoms with Crippen molar-refractivity contribution in [3.8, 4) is 6.07 Å². The smallest absolute Gasteiger partial charge is 0.189 e. The Hall–Kier alpha value is -2.05. The number of nitrogens with zero attached hydrogens (tertiary/aromatic N) is 4. The Morgan fingerprint density at radius 1 is 1.33 bits per heavy atom. The zero-order chi connectivity index (χ0) is 18.6. The molecule has 0 aliphatic carbocycles. The molecular weight excluding hydrogens is 362 g/mol. The highest BCUT2D eigenvalue weighted by molar-refractivity contribution is 7.16. The van der Waals surface area contributed by atoms with Gasteiger partial charge in [0.05, 0.1) is 38.7 Å². The van der Waals surface area contributed by atoms with Crippen molar-refractivity contribution in [2.24, 2.45) is 5.92 Å². The molecule has 7 nitrogen and oxygen atoms in total. The molecule has 27 heavy (non-hydrogen) atoms. The lowest BCUT2D eigenvalue weighted by atomic mass is 9.98. The molecule has 2 aromatic rings. The molecule has 0 bridgehead atoms. The molecule has 2 aromatic heterocycles. The number of thiazole rings is 1. The molecule has 0 spiro atoms. The third-order valence-corrected chi connectivity index (χ3v) is 5.88. The number of nitrogens with one attached hydrogen (secondary N) is 1. The van der Waals surface area contributed by atoms with Crippen LogP contribution in [0.25, 0.3) is 0 Å². The van der Waals surface area contributed by atoms with Crippen LogP contribution >= 0.6 is 11.3 Å². The summed E-state index contributed by atoms with van der Waals surface area (Å²) in [5.74, 6) is 1.21. The van der Waals surface area contributed by atoms with Gasteiger partial charge in [0.25, 0.3) is 0 Å². The fraction of sp³-hybridized carbons (Fsp3) is 0.526. The number of aryl methyl sites for hydroxylation is 1. The van der Waals surface area contributed by atoms with Gasteiger partial charge in [-0.15, -0.1) is 0 Å². The molecule has 0 radical (unpaired) electrons. The van der Waals surface area contributed by atoms with Crippen molar-refractivity contribution >= 4 is 22.3 Å². The van der Waals surface area contributed by atoms with Crippen LogP contribution in [0.5, 0.6) is 0 Å². The fourth-order valence-electron chi connectivity index (χ4n) is 3.48. The van der Waals surface area contributed by atoms with Crippen molar-refractivity contribution < 1.29 is 9.47 Å². The van der Waals surface area contributed by atoms with E-state index in [0.29, 0.717) is 22.0 Å². The van der Waals surface area contributed by atoms with E-state index in [1.54, 1.807) is 6.20 Å². The standard InChI is InChI=1S/C19H23N5O2S/c1-13-15(2-3-18(22-13)23-19-21-8-17(7-20)27-19)6-14-9-24(4-5-25-10-14)16-11-26-12-16/h2-3,8,14,16H,4-6,9-12H2,1H3,(H,21,22,23). The summed E-state index contributed by atoms with van der Waals surface area (Å²) in [6.45, 7) is 7.35. The van der Waals surface area contributed by atoms with Gasteiger partial charge in [-0.25, -0.2) is 9.97 Å². The quantitative estimate of drug-likeness (QED) is 0.846. The lowest BCUT2D eigenvalue weighted by molar-refractivity contribution is -0.0667. The van der Waals surface area contributed by atoms with Crippen molar-refractivity contribution in [2.45, 2.75) is 19.4 Å². The highest BCUT2D eigenvalue weighted by Gasteiger charge is 2.29. The Morgan fingerprint density at radius 2 is 2.22 bits per heavy atom. The summed E-state index contributed by atoms with van der Waals surface area (Å²) < 4.78 is 11.2. The topological polar surface area (TPSA) is 83.3 Å². The highest BCUT2D eigenvalue weighted by atomic mass is 32.1. The van der Waals surface area contributed by atoms with Gasteiger partial charge in [-0.1, -0.05) is 17.4 Å². The minimum Gasteiger partial charge on any atom is -0.380 e. The van der Waals surface area contributed by atoms with E-state index in [-0.39, 0.29) is 0 Å². The maximum Gasteiger partial charge on any atom is 0.189 e. The molecule has 0 aromatic carbocycles. The number of anilines is 2. The Morgan fingerprint density at radius 3 is 2.93 bits per heavy atom. The molecule has 2 fully saturated rings. The molecule has 1 unspecified atom stereocenters. The molecule has 8 heteroatoms. The normalized spacial score (nSPS) is 21.3. The van der Waals surface area contributed by atoms with Gasteiger partial charge in [-0.05, 0) is 30.9 Å². The summed E-state index contributed by atoms with van der Waals surface area (Å²) in [5.41, 5.74) is 2.26. The van der Waals surface area contributed by atoms with Crippen LogP contribution in [-0.4, -0.2) is 60.4 Å². The van der Waals surface area contributed by atoms with E-state index in [2.05, 4.69) is 32.3 Å². The summed E-state index contributed by atoms with van der Waals surface area (Å²) in [6.07, 6.45) is 2.53. The average Bonchev–Trinajstić information content (AvgIpc) is 2.94. The van der Waals surface area contributed by atoms with Crippen molar-refractivity contribution in [2.75, 3.05) is 44.8 Å². The summed E-state index contributed by atoms with van der Waals surface area (Å²) >= 11 is 1.32. The first-order chi connectivity index (χ1) is 13.2. The van der Waals surface area contributed by atoms with Crippen molar-refractivity contribution in [3.05, 3.63) is 34.5 Å². The summed E-state index contributed by atoms with van der Waals surface area (Å²) in [4.78, 5) is 12.0. The van der Waals surface area contributed by atoms with Crippen LogP contribution in [-0.2, 0) is 15.9 Å². The number of aromatic nitrogens is 2. The van der Waals surface area contributed by atoms with Crippen LogP contribution in [0.1, 0.15) is 16.1 Å². The van der Waals surface area contributed by atoms with Gasteiger partial charge in [0.15, 0.2) is 5.13 Å². The average molecular weight is 385 g/mol. The van der Waals surface area contributed by atoms with E-state index in [1.807, 2.05) is 13.0 Å². The van der Waals surface area contributed by atoms with Gasteiger partial charge < -0.3 is 14.8 Å². The number of hydrogen-bond acceptors (Lipinski definition) is 8. The molecule has 4 heterocycles. The Bertz CT molecular complexity index is 830. The number of nitriles is 1. The predicted octanol–water partition coefficient (Wildman–Crippen LogP) is 2.35. The van der Waals surface area contributed by atoms with E-state index < -0.39 is 0 Å². The Kier molecular flexibility index (Phi) is 5.64. The number of hydrogen-bond donors (Lipinski definition) is 1. The second-order valence-corrected chi connectivity index (χ2v) is 8.07. The summed E-state index contributed by atoms with van der Waals surface area (Å²) in [7, 11) is 0. The zero-order valence-electron chi connectivity index (χ0n) is 15.4. The van der Waals surface area contributed by atoms with Crippen LogP contribution in [0.4, 0.5) is 10.9 Å². The van der Waals surface area contributed by atoms with Crippen LogP contribution in [0, 0.1) is 24.2 Å². The molecule has 1 atom stereocenters. The van der Waals surface area contributed by atoms with Gasteiger partial charge in [0, 0.05) is 18.8 Å². The molecule has 1 N–H and O–H groups in total. The van der Waals surface area contributed by atoms with Crippen LogP contribution in [0.2, 0.25) is 0 Å². The van der Waals surface area contributed by atoms with Crippen molar-refractivity contribution in [1.29, 1.82) is 5.26 Å². The number of ether oxygens (including phenoxy) is 2. The highest BCUT2D eigenvalue weighted by Crippen LogP contribution is 2.24. The zero-order valence-corrected chi connectivity index (χ0v) is 16.2. The van der Waals surface area contributed by atoms with Crippen LogP contribution in [0.3, 0.4) is 0 Å². The van der Waals surface area contributed by atoms with Crippen LogP contribution < -0.4 is 5.32 Å². The monoisotopic (exact) mass is 385 g/mol. The lowest BCUT2D eigenvalue weighted by Crippen LogP contribution is -2.51. The molecule has 0 saturated carbocycles. The van der Waals surface area contributed by atoms with E-state index in [9.17, 15) is 0 Å². The first-order valence-corrected chi connectivity index (χ1v) is 10.0. The number of pyridine rings is 1. The van der Waals surface area contributed by atoms with Gasteiger partial charge >= 0.3 is 0 Å². The van der Waals surface area contributed by atoms with Gasteiger partial charge in [-0.2, -0.15) is 5.26 Å². The summed E-state index contributed by atoms with van der Waals surface area (Å²) in [6, 6.07) is 6.76.